The van der Waals surface area contributed by atoms with Gasteiger partial charge in [0.05, 0.1) is 27.6 Å². The molecule has 1 aliphatic rings. The lowest BCUT2D eigenvalue weighted by molar-refractivity contribution is 0.302. The van der Waals surface area contributed by atoms with Gasteiger partial charge >= 0.3 is 0 Å². The van der Waals surface area contributed by atoms with Crippen molar-refractivity contribution in [2.24, 2.45) is 0 Å². The fourth-order valence-electron chi connectivity index (χ4n) is 4.31. The number of hydrogen-bond acceptors (Lipinski definition) is 3. The number of ether oxygens (including phenoxy) is 1. The summed E-state index contributed by atoms with van der Waals surface area (Å²) in [6.07, 6.45) is 3.76. The molecule has 1 aliphatic heterocycles. The van der Waals surface area contributed by atoms with Gasteiger partial charge < -0.3 is 14.6 Å². The topological polar surface area (TPSA) is 39.1 Å². The zero-order valence-electron chi connectivity index (χ0n) is 15.9. The highest BCUT2D eigenvalue weighted by molar-refractivity contribution is 6.45. The number of halogens is 2. The van der Waals surface area contributed by atoms with E-state index in [1.54, 1.807) is 6.20 Å². The number of benzene rings is 2. The Morgan fingerprint density at radius 2 is 1.90 bits per heavy atom. The summed E-state index contributed by atoms with van der Waals surface area (Å²) in [5, 5.41) is 6.93. The van der Waals surface area contributed by atoms with E-state index in [1.165, 1.54) is 16.6 Å². The Hall–Kier alpha value is -2.27. The summed E-state index contributed by atoms with van der Waals surface area (Å²) in [4.78, 5) is 4.41. The molecule has 1 N–H and O–H groups in total. The van der Waals surface area contributed by atoms with Crippen LogP contribution < -0.4 is 10.1 Å². The molecular formula is C23H21Cl2N3O. The molecule has 0 fully saturated rings. The molecule has 0 spiro atoms. The van der Waals surface area contributed by atoms with Crippen molar-refractivity contribution in [3.63, 3.8) is 0 Å². The van der Waals surface area contributed by atoms with Crippen LogP contribution in [0.15, 0.2) is 48.7 Å². The van der Waals surface area contributed by atoms with Gasteiger partial charge in [-0.05, 0) is 48.9 Å². The third kappa shape index (κ3) is 3.35. The van der Waals surface area contributed by atoms with Gasteiger partial charge in [0.15, 0.2) is 0 Å². The van der Waals surface area contributed by atoms with Crippen LogP contribution in [0, 0.1) is 0 Å². The van der Waals surface area contributed by atoms with Gasteiger partial charge in [0, 0.05) is 35.6 Å². The van der Waals surface area contributed by atoms with Crippen molar-refractivity contribution in [1.29, 1.82) is 0 Å². The van der Waals surface area contributed by atoms with E-state index in [-0.39, 0.29) is 0 Å². The largest absolute Gasteiger partial charge is 0.491 e. The van der Waals surface area contributed by atoms with Crippen LogP contribution in [0.1, 0.15) is 11.3 Å². The Kier molecular flexibility index (Phi) is 5.08. The molecule has 2 aromatic carbocycles. The van der Waals surface area contributed by atoms with Crippen molar-refractivity contribution >= 4 is 45.0 Å². The monoisotopic (exact) mass is 425 g/mol. The maximum absolute atomic E-state index is 6.65. The molecule has 0 saturated heterocycles. The van der Waals surface area contributed by atoms with Gasteiger partial charge in [0.25, 0.3) is 0 Å². The molecule has 29 heavy (non-hydrogen) atoms. The molecule has 4 aromatic rings. The first-order chi connectivity index (χ1) is 14.2. The maximum atomic E-state index is 6.65. The predicted molar refractivity (Wildman–Crippen MR) is 119 cm³/mol. The Bertz CT molecular complexity index is 1200. The first kappa shape index (κ1) is 18.7. The number of nitrogens with zero attached hydrogens (tertiary/aromatic N) is 2. The highest BCUT2D eigenvalue weighted by atomic mass is 35.5. The van der Waals surface area contributed by atoms with Crippen molar-refractivity contribution in [2.75, 3.05) is 19.7 Å². The van der Waals surface area contributed by atoms with Crippen LogP contribution in [-0.2, 0) is 19.4 Å². The summed E-state index contributed by atoms with van der Waals surface area (Å²) < 4.78 is 8.48. The molecule has 0 aliphatic carbocycles. The Morgan fingerprint density at radius 1 is 1.00 bits per heavy atom. The van der Waals surface area contributed by atoms with E-state index in [2.05, 4.69) is 20.9 Å². The summed E-state index contributed by atoms with van der Waals surface area (Å²) in [6, 6.07) is 13.9. The summed E-state index contributed by atoms with van der Waals surface area (Å²) in [6.45, 7) is 3.19. The van der Waals surface area contributed by atoms with E-state index < -0.39 is 0 Å². The predicted octanol–water partition coefficient (Wildman–Crippen LogP) is 5.26. The molecule has 3 heterocycles. The number of hydrogen-bond donors (Lipinski definition) is 1. The van der Waals surface area contributed by atoms with Crippen LogP contribution >= 0.6 is 23.2 Å². The van der Waals surface area contributed by atoms with Crippen molar-refractivity contribution in [2.45, 2.75) is 19.4 Å². The van der Waals surface area contributed by atoms with Gasteiger partial charge in [-0.2, -0.15) is 0 Å². The summed E-state index contributed by atoms with van der Waals surface area (Å²) in [7, 11) is 0. The molecule has 0 atom stereocenters. The smallest absolute Gasteiger partial charge is 0.128 e. The first-order valence-electron chi connectivity index (χ1n) is 9.89. The van der Waals surface area contributed by atoms with Crippen molar-refractivity contribution in [3.8, 4) is 5.75 Å². The van der Waals surface area contributed by atoms with Gasteiger partial charge in [-0.1, -0.05) is 35.3 Å². The summed E-state index contributed by atoms with van der Waals surface area (Å²) in [5.74, 6) is 0.851. The van der Waals surface area contributed by atoms with Gasteiger partial charge in [0.1, 0.15) is 12.4 Å². The SMILES string of the molecule is Clc1ccc2c3c(n(CCOc4cccc5ncccc45)c2c1Cl)CCNCC3. The Morgan fingerprint density at radius 3 is 2.83 bits per heavy atom. The minimum Gasteiger partial charge on any atom is -0.491 e. The third-order valence-corrected chi connectivity index (χ3v) is 6.40. The van der Waals surface area contributed by atoms with Crippen molar-refractivity contribution in [3.05, 3.63) is 70.0 Å². The second kappa shape index (κ2) is 7.86. The number of fused-ring (bicyclic) bond motifs is 4. The average molecular weight is 426 g/mol. The highest BCUT2D eigenvalue weighted by Crippen LogP contribution is 2.37. The second-order valence-corrected chi connectivity index (χ2v) is 8.04. The molecule has 0 radical (unpaired) electrons. The summed E-state index contributed by atoms with van der Waals surface area (Å²) >= 11 is 13.0. The standard InChI is InChI=1S/C23H21Cl2N3O/c24-18-7-6-16-15-8-11-26-12-9-20(15)28(23(16)22(18)25)13-14-29-21-5-1-4-19-17(21)3-2-10-27-19/h1-7,10,26H,8-9,11-14H2. The second-order valence-electron chi connectivity index (χ2n) is 7.26. The van der Waals surface area contributed by atoms with Crippen LogP contribution in [-0.4, -0.2) is 29.2 Å². The van der Waals surface area contributed by atoms with E-state index in [1.807, 2.05) is 36.4 Å². The normalized spacial score (nSPS) is 14.1. The number of pyridine rings is 1. The van der Waals surface area contributed by atoms with E-state index in [0.717, 1.165) is 48.1 Å². The lowest BCUT2D eigenvalue weighted by Crippen LogP contribution is -2.18. The average Bonchev–Trinajstić information content (AvgIpc) is 2.89. The van der Waals surface area contributed by atoms with Crippen LogP contribution in [0.3, 0.4) is 0 Å². The molecule has 0 saturated carbocycles. The molecular weight excluding hydrogens is 405 g/mol. The Labute approximate surface area is 179 Å². The Balaban J connectivity index is 1.50. The van der Waals surface area contributed by atoms with Crippen molar-refractivity contribution < 1.29 is 4.74 Å². The van der Waals surface area contributed by atoms with Crippen LogP contribution in [0.4, 0.5) is 0 Å². The van der Waals surface area contributed by atoms with E-state index in [4.69, 9.17) is 27.9 Å². The van der Waals surface area contributed by atoms with Crippen LogP contribution in [0.25, 0.3) is 21.8 Å². The van der Waals surface area contributed by atoms with Crippen molar-refractivity contribution in [1.82, 2.24) is 14.9 Å². The molecule has 6 heteroatoms. The van der Waals surface area contributed by atoms with Gasteiger partial charge in [-0.15, -0.1) is 0 Å². The minimum absolute atomic E-state index is 0.542. The zero-order chi connectivity index (χ0) is 19.8. The molecule has 4 nitrogen and oxygen atoms in total. The van der Waals surface area contributed by atoms with Gasteiger partial charge in [-0.3, -0.25) is 4.98 Å². The van der Waals surface area contributed by atoms with E-state index in [9.17, 15) is 0 Å². The lowest BCUT2D eigenvalue weighted by Gasteiger charge is -2.14. The minimum atomic E-state index is 0.542. The fraction of sp³-hybridized carbons (Fsp3) is 0.261. The first-order valence-corrected chi connectivity index (χ1v) is 10.6. The molecule has 0 amide bonds. The highest BCUT2D eigenvalue weighted by Gasteiger charge is 2.21. The van der Waals surface area contributed by atoms with Crippen LogP contribution in [0.2, 0.25) is 10.0 Å². The fourth-order valence-corrected chi connectivity index (χ4v) is 4.72. The quantitative estimate of drug-likeness (QED) is 0.484. The molecule has 148 valence electrons. The maximum Gasteiger partial charge on any atom is 0.128 e. The summed E-state index contributed by atoms with van der Waals surface area (Å²) in [5.41, 5.74) is 4.66. The molecule has 0 bridgehead atoms. The molecule has 5 rings (SSSR count). The number of rotatable bonds is 4. The van der Waals surface area contributed by atoms with E-state index in [0.29, 0.717) is 23.2 Å². The number of aromatic nitrogens is 2. The zero-order valence-corrected chi connectivity index (χ0v) is 17.4. The number of nitrogens with one attached hydrogen (secondary N) is 1. The van der Waals surface area contributed by atoms with E-state index >= 15 is 0 Å². The van der Waals surface area contributed by atoms with Gasteiger partial charge in [-0.25, -0.2) is 0 Å². The van der Waals surface area contributed by atoms with Gasteiger partial charge in [0.2, 0.25) is 0 Å². The van der Waals surface area contributed by atoms with Crippen LogP contribution in [0.5, 0.6) is 5.75 Å². The lowest BCUT2D eigenvalue weighted by atomic mass is 10.1. The molecule has 2 aromatic heterocycles. The third-order valence-electron chi connectivity index (χ3n) is 5.61. The molecule has 0 unspecified atom stereocenters.